The quantitative estimate of drug-likeness (QED) is 0.919. The number of thiazole rings is 1. The molecule has 2 aromatic rings. The number of aliphatic hydroxyl groups excluding tert-OH is 1. The van der Waals surface area contributed by atoms with E-state index in [-0.39, 0.29) is 6.61 Å². The largest absolute Gasteiger partial charge is 0.473 e. The molecule has 1 aromatic carbocycles. The molecule has 18 heavy (non-hydrogen) atoms. The number of methoxy groups -OCH3 is 1. The van der Waals surface area contributed by atoms with Crippen LogP contribution in [0.1, 0.15) is 30.2 Å². The van der Waals surface area contributed by atoms with Crippen LogP contribution in [0.2, 0.25) is 0 Å². The maximum absolute atomic E-state index is 9.35. The number of hydrogen-bond acceptors (Lipinski definition) is 4. The number of hydrogen-bond donors (Lipinski definition) is 1. The summed E-state index contributed by atoms with van der Waals surface area (Å²) in [7, 11) is 1.59. The highest BCUT2D eigenvalue weighted by atomic mass is 32.1. The Balaban J connectivity index is 2.38. The number of ether oxygens (including phenoxy) is 1. The first kappa shape index (κ1) is 13.1. The summed E-state index contributed by atoms with van der Waals surface area (Å²) >= 11 is 1.38. The second-order valence-electron chi connectivity index (χ2n) is 4.39. The Kier molecular flexibility index (Phi) is 3.99. The Morgan fingerprint density at radius 3 is 2.44 bits per heavy atom. The van der Waals surface area contributed by atoms with Crippen molar-refractivity contribution in [3.63, 3.8) is 0 Å². The van der Waals surface area contributed by atoms with Crippen molar-refractivity contribution in [3.8, 4) is 16.5 Å². The third-order valence-corrected chi connectivity index (χ3v) is 3.85. The number of aliphatic hydroxyl groups is 1. The number of aromatic nitrogens is 1. The van der Waals surface area contributed by atoms with Crippen LogP contribution in [0.5, 0.6) is 5.19 Å². The molecule has 1 N–H and O–H groups in total. The second kappa shape index (κ2) is 5.50. The zero-order valence-electron chi connectivity index (χ0n) is 10.8. The van der Waals surface area contributed by atoms with Gasteiger partial charge in [-0.05, 0) is 11.5 Å². The smallest absolute Gasteiger partial charge is 0.273 e. The molecule has 4 heteroatoms. The van der Waals surface area contributed by atoms with Gasteiger partial charge in [0.15, 0.2) is 0 Å². The molecule has 0 bridgehead atoms. The molecule has 0 fully saturated rings. The number of nitrogens with zero attached hydrogens (tertiary/aromatic N) is 1. The monoisotopic (exact) mass is 263 g/mol. The van der Waals surface area contributed by atoms with Crippen molar-refractivity contribution >= 4 is 11.3 Å². The van der Waals surface area contributed by atoms with Crippen LogP contribution in [-0.4, -0.2) is 17.2 Å². The van der Waals surface area contributed by atoms with Gasteiger partial charge in [-0.2, -0.15) is 0 Å². The van der Waals surface area contributed by atoms with Crippen molar-refractivity contribution < 1.29 is 9.84 Å². The Hall–Kier alpha value is -1.39. The van der Waals surface area contributed by atoms with Crippen molar-refractivity contribution in [3.05, 3.63) is 34.7 Å². The second-order valence-corrected chi connectivity index (χ2v) is 5.44. The van der Waals surface area contributed by atoms with Crippen LogP contribution in [0, 0.1) is 0 Å². The van der Waals surface area contributed by atoms with Gasteiger partial charge in [-0.25, -0.2) is 4.98 Å². The molecule has 0 amide bonds. The Morgan fingerprint density at radius 1 is 1.28 bits per heavy atom. The predicted octanol–water partition coefficient (Wildman–Crippen LogP) is 3.43. The summed E-state index contributed by atoms with van der Waals surface area (Å²) in [5.41, 5.74) is 3.13. The van der Waals surface area contributed by atoms with Crippen LogP contribution in [0.15, 0.2) is 24.3 Å². The van der Waals surface area contributed by atoms with Gasteiger partial charge in [0.05, 0.1) is 24.3 Å². The zero-order valence-corrected chi connectivity index (χ0v) is 11.6. The van der Waals surface area contributed by atoms with Gasteiger partial charge in [-0.3, -0.25) is 0 Å². The molecule has 0 spiro atoms. The molecule has 0 atom stereocenters. The fourth-order valence-corrected chi connectivity index (χ4v) is 2.53. The topological polar surface area (TPSA) is 42.4 Å². The normalized spacial score (nSPS) is 10.9. The van der Waals surface area contributed by atoms with E-state index in [0.717, 1.165) is 16.1 Å². The molecule has 0 aliphatic heterocycles. The van der Waals surface area contributed by atoms with E-state index < -0.39 is 0 Å². The minimum absolute atomic E-state index is 0.0116. The summed E-state index contributed by atoms with van der Waals surface area (Å²) in [5, 5.41) is 9.93. The minimum atomic E-state index is -0.0116. The highest BCUT2D eigenvalue weighted by molar-refractivity contribution is 7.13. The lowest BCUT2D eigenvalue weighted by atomic mass is 10.0. The van der Waals surface area contributed by atoms with E-state index in [1.165, 1.54) is 16.9 Å². The number of benzene rings is 1. The molecular weight excluding hydrogens is 246 g/mol. The lowest BCUT2D eigenvalue weighted by molar-refractivity contribution is 0.286. The zero-order chi connectivity index (χ0) is 13.1. The standard InChI is InChI=1S/C14H17NO2S/c1-9(2)10-4-6-11(7-5-10)13-12(8-16)18-14(15-13)17-3/h4-7,9,16H,8H2,1-3H3. The van der Waals surface area contributed by atoms with Crippen molar-refractivity contribution in [2.75, 3.05) is 7.11 Å². The van der Waals surface area contributed by atoms with E-state index >= 15 is 0 Å². The summed E-state index contributed by atoms with van der Waals surface area (Å²) in [5.74, 6) is 0.515. The van der Waals surface area contributed by atoms with Crippen molar-refractivity contribution in [1.29, 1.82) is 0 Å². The molecular formula is C14H17NO2S. The highest BCUT2D eigenvalue weighted by Crippen LogP contribution is 2.32. The van der Waals surface area contributed by atoms with E-state index in [0.29, 0.717) is 11.1 Å². The van der Waals surface area contributed by atoms with Crippen molar-refractivity contribution in [1.82, 2.24) is 4.98 Å². The maximum atomic E-state index is 9.35. The Bertz CT molecular complexity index is 517. The van der Waals surface area contributed by atoms with Gasteiger partial charge in [-0.1, -0.05) is 49.4 Å². The van der Waals surface area contributed by atoms with Crippen molar-refractivity contribution in [2.24, 2.45) is 0 Å². The molecule has 0 aliphatic carbocycles. The molecule has 3 nitrogen and oxygen atoms in total. The first-order chi connectivity index (χ1) is 8.65. The SMILES string of the molecule is COc1nc(-c2ccc(C(C)C)cc2)c(CO)s1. The molecule has 1 heterocycles. The predicted molar refractivity (Wildman–Crippen MR) is 74.1 cm³/mol. The fraction of sp³-hybridized carbons (Fsp3) is 0.357. The lowest BCUT2D eigenvalue weighted by Gasteiger charge is -2.06. The fourth-order valence-electron chi connectivity index (χ4n) is 1.78. The van der Waals surface area contributed by atoms with Crippen LogP contribution < -0.4 is 4.74 Å². The van der Waals surface area contributed by atoms with Crippen LogP contribution in [-0.2, 0) is 6.61 Å². The third-order valence-electron chi connectivity index (χ3n) is 2.85. The van der Waals surface area contributed by atoms with Gasteiger partial charge in [0.1, 0.15) is 0 Å². The van der Waals surface area contributed by atoms with Crippen LogP contribution >= 0.6 is 11.3 Å². The first-order valence-corrected chi connectivity index (χ1v) is 6.72. The van der Waals surface area contributed by atoms with Gasteiger partial charge >= 0.3 is 0 Å². The average molecular weight is 263 g/mol. The van der Waals surface area contributed by atoms with E-state index in [2.05, 4.69) is 31.0 Å². The van der Waals surface area contributed by atoms with Gasteiger partial charge < -0.3 is 9.84 Å². The molecule has 0 saturated carbocycles. The molecule has 0 unspecified atom stereocenters. The van der Waals surface area contributed by atoms with E-state index in [9.17, 15) is 5.11 Å². The summed E-state index contributed by atoms with van der Waals surface area (Å²) in [6.45, 7) is 4.32. The molecule has 1 aromatic heterocycles. The van der Waals surface area contributed by atoms with Gasteiger partial charge in [0.2, 0.25) is 0 Å². The van der Waals surface area contributed by atoms with E-state index in [1.54, 1.807) is 7.11 Å². The van der Waals surface area contributed by atoms with Gasteiger partial charge in [0.25, 0.3) is 5.19 Å². The molecule has 0 saturated heterocycles. The van der Waals surface area contributed by atoms with Crippen molar-refractivity contribution in [2.45, 2.75) is 26.4 Å². The molecule has 96 valence electrons. The molecule has 2 rings (SSSR count). The van der Waals surface area contributed by atoms with Gasteiger partial charge in [-0.15, -0.1) is 0 Å². The summed E-state index contributed by atoms with van der Waals surface area (Å²) in [4.78, 5) is 5.22. The summed E-state index contributed by atoms with van der Waals surface area (Å²) in [6.07, 6.45) is 0. The summed E-state index contributed by atoms with van der Waals surface area (Å²) < 4.78 is 5.12. The van der Waals surface area contributed by atoms with Gasteiger partial charge in [0, 0.05) is 5.56 Å². The molecule has 0 radical (unpaired) electrons. The first-order valence-electron chi connectivity index (χ1n) is 5.90. The maximum Gasteiger partial charge on any atom is 0.273 e. The Labute approximate surface area is 111 Å². The summed E-state index contributed by atoms with van der Waals surface area (Å²) in [6, 6.07) is 8.30. The van der Waals surface area contributed by atoms with Crippen LogP contribution in [0.4, 0.5) is 0 Å². The number of rotatable bonds is 4. The molecule has 0 aliphatic rings. The minimum Gasteiger partial charge on any atom is -0.473 e. The van der Waals surface area contributed by atoms with Crippen LogP contribution in [0.25, 0.3) is 11.3 Å². The van der Waals surface area contributed by atoms with Crippen LogP contribution in [0.3, 0.4) is 0 Å². The van der Waals surface area contributed by atoms with E-state index in [4.69, 9.17) is 4.74 Å². The highest BCUT2D eigenvalue weighted by Gasteiger charge is 2.13. The third kappa shape index (κ3) is 2.54. The van der Waals surface area contributed by atoms with E-state index in [1.807, 2.05) is 12.1 Å². The lowest BCUT2D eigenvalue weighted by Crippen LogP contribution is -1.89. The average Bonchev–Trinajstić information content (AvgIpc) is 2.82. The Morgan fingerprint density at radius 2 is 1.94 bits per heavy atom.